The van der Waals surface area contributed by atoms with Crippen LogP contribution in [0.3, 0.4) is 0 Å². The summed E-state index contributed by atoms with van der Waals surface area (Å²) in [7, 11) is 0. The second-order valence-electron chi connectivity index (χ2n) is 5.02. The Morgan fingerprint density at radius 3 is 2.46 bits per heavy atom. The normalized spacial score (nSPS) is 11.9. The van der Waals surface area contributed by atoms with Crippen LogP contribution in [0.5, 0.6) is 17.2 Å². The Morgan fingerprint density at radius 2 is 1.71 bits per heavy atom. The Hall–Kier alpha value is -3.02. The van der Waals surface area contributed by atoms with E-state index in [-0.39, 0.29) is 19.2 Å². The van der Waals surface area contributed by atoms with Gasteiger partial charge in [-0.05, 0) is 49.4 Å². The van der Waals surface area contributed by atoms with Gasteiger partial charge in [-0.15, -0.1) is 0 Å². The first-order valence-electron chi connectivity index (χ1n) is 7.50. The first kappa shape index (κ1) is 15.9. The van der Waals surface area contributed by atoms with E-state index in [0.29, 0.717) is 35.0 Å². The molecule has 0 aliphatic carbocycles. The summed E-state index contributed by atoms with van der Waals surface area (Å²) >= 11 is 0. The number of rotatable bonds is 6. The second-order valence-corrected chi connectivity index (χ2v) is 5.02. The summed E-state index contributed by atoms with van der Waals surface area (Å²) in [5.74, 6) is 0.880. The van der Waals surface area contributed by atoms with E-state index in [9.17, 15) is 9.59 Å². The zero-order chi connectivity index (χ0) is 16.9. The van der Waals surface area contributed by atoms with Gasteiger partial charge in [-0.3, -0.25) is 4.79 Å². The van der Waals surface area contributed by atoms with Crippen LogP contribution in [0.1, 0.15) is 27.6 Å². The quantitative estimate of drug-likeness (QED) is 0.600. The molecule has 3 rings (SSSR count). The van der Waals surface area contributed by atoms with E-state index in [1.807, 2.05) is 6.92 Å². The fourth-order valence-corrected chi connectivity index (χ4v) is 2.22. The first-order chi connectivity index (χ1) is 11.7. The van der Waals surface area contributed by atoms with E-state index in [1.165, 1.54) is 6.07 Å². The number of esters is 1. The molecule has 1 aliphatic heterocycles. The number of hydrogen-bond acceptors (Lipinski definition) is 6. The van der Waals surface area contributed by atoms with E-state index < -0.39 is 5.97 Å². The lowest BCUT2D eigenvalue weighted by Crippen LogP contribution is -2.14. The molecule has 0 saturated carbocycles. The summed E-state index contributed by atoms with van der Waals surface area (Å²) in [4.78, 5) is 24.1. The minimum Gasteiger partial charge on any atom is -0.494 e. The van der Waals surface area contributed by atoms with Crippen LogP contribution in [0.25, 0.3) is 0 Å². The molecule has 0 amide bonds. The van der Waals surface area contributed by atoms with Crippen molar-refractivity contribution >= 4 is 11.8 Å². The molecule has 2 aromatic carbocycles. The van der Waals surface area contributed by atoms with Crippen LogP contribution in [-0.2, 0) is 4.74 Å². The van der Waals surface area contributed by atoms with E-state index in [1.54, 1.807) is 36.4 Å². The summed E-state index contributed by atoms with van der Waals surface area (Å²) in [5, 5.41) is 0. The summed E-state index contributed by atoms with van der Waals surface area (Å²) in [6.45, 7) is 2.24. The van der Waals surface area contributed by atoms with Gasteiger partial charge in [0.05, 0.1) is 12.2 Å². The third-order valence-corrected chi connectivity index (χ3v) is 3.43. The monoisotopic (exact) mass is 328 g/mol. The number of ketones is 1. The minimum atomic E-state index is -0.590. The molecule has 1 aliphatic rings. The zero-order valence-electron chi connectivity index (χ0n) is 13.1. The van der Waals surface area contributed by atoms with Gasteiger partial charge in [0, 0.05) is 5.56 Å². The van der Waals surface area contributed by atoms with E-state index >= 15 is 0 Å². The molecule has 6 nitrogen and oxygen atoms in total. The zero-order valence-corrected chi connectivity index (χ0v) is 13.1. The lowest BCUT2D eigenvalue weighted by atomic mass is 10.1. The maximum atomic E-state index is 12.1. The lowest BCUT2D eigenvalue weighted by molar-refractivity contribution is 0.0474. The Labute approximate surface area is 138 Å². The number of carbonyl (C=O) groups is 2. The highest BCUT2D eigenvalue weighted by Crippen LogP contribution is 2.32. The van der Waals surface area contributed by atoms with Crippen LogP contribution in [0.4, 0.5) is 0 Å². The van der Waals surface area contributed by atoms with Crippen LogP contribution in [0.2, 0.25) is 0 Å². The van der Waals surface area contributed by atoms with Gasteiger partial charge < -0.3 is 18.9 Å². The highest BCUT2D eigenvalue weighted by molar-refractivity contribution is 5.99. The van der Waals surface area contributed by atoms with Gasteiger partial charge in [-0.25, -0.2) is 4.79 Å². The molecule has 0 spiro atoms. The van der Waals surface area contributed by atoms with Crippen molar-refractivity contribution < 1.29 is 28.5 Å². The molecule has 2 aromatic rings. The van der Waals surface area contributed by atoms with Gasteiger partial charge in [-0.2, -0.15) is 0 Å². The van der Waals surface area contributed by atoms with Crippen molar-refractivity contribution in [3.63, 3.8) is 0 Å². The Morgan fingerprint density at radius 1 is 1.00 bits per heavy atom. The Bertz CT molecular complexity index is 751. The number of Topliss-reactive ketones (excluding diaryl/α,β-unsaturated/α-hetero) is 1. The molecule has 0 aromatic heterocycles. The summed E-state index contributed by atoms with van der Waals surface area (Å²) in [6, 6.07) is 11.4. The summed E-state index contributed by atoms with van der Waals surface area (Å²) in [5.41, 5.74) is 0.760. The molecule has 0 unspecified atom stereocenters. The van der Waals surface area contributed by atoms with E-state index in [0.717, 1.165) is 0 Å². The molecule has 0 radical (unpaired) electrons. The molecule has 6 heteroatoms. The summed E-state index contributed by atoms with van der Waals surface area (Å²) in [6.07, 6.45) is 0. The van der Waals surface area contributed by atoms with Crippen molar-refractivity contribution in [3.8, 4) is 17.2 Å². The predicted molar refractivity (Wildman–Crippen MR) is 84.8 cm³/mol. The maximum Gasteiger partial charge on any atom is 0.338 e. The maximum absolute atomic E-state index is 12.1. The van der Waals surface area contributed by atoms with Crippen molar-refractivity contribution in [2.24, 2.45) is 0 Å². The number of hydrogen-bond donors (Lipinski definition) is 0. The van der Waals surface area contributed by atoms with Crippen LogP contribution in [0.15, 0.2) is 42.5 Å². The Kier molecular flexibility index (Phi) is 4.65. The fraction of sp³-hybridized carbons (Fsp3) is 0.222. The fourth-order valence-electron chi connectivity index (χ4n) is 2.22. The number of benzene rings is 2. The van der Waals surface area contributed by atoms with Gasteiger partial charge in [0.15, 0.2) is 23.9 Å². The van der Waals surface area contributed by atoms with E-state index in [4.69, 9.17) is 18.9 Å². The van der Waals surface area contributed by atoms with Crippen molar-refractivity contribution in [3.05, 3.63) is 53.6 Å². The topological polar surface area (TPSA) is 71.1 Å². The molecule has 0 atom stereocenters. The number of ether oxygens (including phenoxy) is 4. The molecule has 24 heavy (non-hydrogen) atoms. The molecule has 0 bridgehead atoms. The van der Waals surface area contributed by atoms with Crippen molar-refractivity contribution in [1.29, 1.82) is 0 Å². The number of carbonyl (C=O) groups excluding carboxylic acids is 2. The van der Waals surface area contributed by atoms with Crippen molar-refractivity contribution in [2.45, 2.75) is 6.92 Å². The standard InChI is InChI=1S/C18H16O6/c1-2-21-14-6-3-12(4-7-14)15(19)10-22-18(20)13-5-8-16-17(9-13)24-11-23-16/h3-9H,2,10-11H2,1H3. The minimum absolute atomic E-state index is 0.129. The van der Waals surface area contributed by atoms with Gasteiger partial charge in [-0.1, -0.05) is 0 Å². The average molecular weight is 328 g/mol. The van der Waals surface area contributed by atoms with Crippen LogP contribution < -0.4 is 14.2 Å². The van der Waals surface area contributed by atoms with E-state index in [2.05, 4.69) is 0 Å². The van der Waals surface area contributed by atoms with Crippen molar-refractivity contribution in [2.75, 3.05) is 20.0 Å². The van der Waals surface area contributed by atoms with Crippen LogP contribution in [0, 0.1) is 0 Å². The molecule has 0 saturated heterocycles. The molecule has 124 valence electrons. The average Bonchev–Trinajstić information content (AvgIpc) is 3.08. The SMILES string of the molecule is CCOc1ccc(C(=O)COC(=O)c2ccc3c(c2)OCO3)cc1. The largest absolute Gasteiger partial charge is 0.494 e. The van der Waals surface area contributed by atoms with Gasteiger partial charge >= 0.3 is 5.97 Å². The third kappa shape index (κ3) is 3.48. The molecular formula is C18H16O6. The molecule has 0 fully saturated rings. The highest BCUT2D eigenvalue weighted by Gasteiger charge is 2.18. The van der Waals surface area contributed by atoms with Gasteiger partial charge in [0.25, 0.3) is 0 Å². The predicted octanol–water partition coefficient (Wildman–Crippen LogP) is 2.85. The lowest BCUT2D eigenvalue weighted by Gasteiger charge is -2.06. The molecule has 1 heterocycles. The molecule has 0 N–H and O–H groups in total. The second kappa shape index (κ2) is 7.04. The highest BCUT2D eigenvalue weighted by atomic mass is 16.7. The Balaban J connectivity index is 1.58. The molecular weight excluding hydrogens is 312 g/mol. The smallest absolute Gasteiger partial charge is 0.338 e. The van der Waals surface area contributed by atoms with Gasteiger partial charge in [0.2, 0.25) is 6.79 Å². The number of fused-ring (bicyclic) bond motifs is 1. The van der Waals surface area contributed by atoms with Crippen molar-refractivity contribution in [1.82, 2.24) is 0 Å². The van der Waals surface area contributed by atoms with Crippen LogP contribution >= 0.6 is 0 Å². The summed E-state index contributed by atoms with van der Waals surface area (Å²) < 4.78 is 20.8. The first-order valence-corrected chi connectivity index (χ1v) is 7.50. The van der Waals surface area contributed by atoms with Gasteiger partial charge in [0.1, 0.15) is 5.75 Å². The third-order valence-electron chi connectivity index (χ3n) is 3.43. The van der Waals surface area contributed by atoms with Crippen LogP contribution in [-0.4, -0.2) is 31.8 Å².